The predicted octanol–water partition coefficient (Wildman–Crippen LogP) is 2.60. The molecule has 1 heterocycles. The van der Waals surface area contributed by atoms with Gasteiger partial charge in [-0.25, -0.2) is 4.98 Å². The van der Waals surface area contributed by atoms with Crippen molar-refractivity contribution in [2.45, 2.75) is 19.2 Å². The number of hydrogen-bond donors (Lipinski definition) is 0. The van der Waals surface area contributed by atoms with Crippen molar-refractivity contribution in [2.75, 3.05) is 7.11 Å². The summed E-state index contributed by atoms with van der Waals surface area (Å²) in [6.07, 6.45) is -5.48. The molecule has 0 radical (unpaired) electrons. The average Bonchev–Trinajstić information content (AvgIpc) is 2.51. The minimum Gasteiger partial charge on any atom is -0.366 e. The summed E-state index contributed by atoms with van der Waals surface area (Å²) >= 11 is 0.695. The van der Waals surface area contributed by atoms with Gasteiger partial charge in [-0.15, -0.1) is 11.3 Å². The Hall–Kier alpha value is -0.950. The smallest absolute Gasteiger partial charge is 0.366 e. The van der Waals surface area contributed by atoms with Crippen LogP contribution in [-0.2, 0) is 4.74 Å². The summed E-state index contributed by atoms with van der Waals surface area (Å²) in [4.78, 5) is 14.3. The van der Waals surface area contributed by atoms with Gasteiger partial charge in [0.05, 0.1) is 4.88 Å². The SMILES string of the molecule is COC(c1cnc(C(C)=O)s1)C(F)(F)F. The third-order valence-electron chi connectivity index (χ3n) is 1.62. The standard InChI is InChI=1S/C8H8F3NO2S/c1-4(13)7-12-3-5(15-7)6(14-2)8(9,10)11/h3,6H,1-2H3. The summed E-state index contributed by atoms with van der Waals surface area (Å²) in [5.41, 5.74) is 0. The molecule has 0 aromatic carbocycles. The molecule has 0 amide bonds. The first-order valence-electron chi connectivity index (χ1n) is 3.92. The fourth-order valence-electron chi connectivity index (χ4n) is 0.982. The van der Waals surface area contributed by atoms with Gasteiger partial charge in [-0.05, 0) is 0 Å². The Morgan fingerprint density at radius 3 is 2.53 bits per heavy atom. The minimum absolute atomic E-state index is 0.0521. The molecule has 3 nitrogen and oxygen atoms in total. The average molecular weight is 239 g/mol. The van der Waals surface area contributed by atoms with E-state index in [9.17, 15) is 18.0 Å². The molecule has 0 aliphatic carbocycles. The highest BCUT2D eigenvalue weighted by molar-refractivity contribution is 7.13. The number of aromatic nitrogens is 1. The topological polar surface area (TPSA) is 39.2 Å². The van der Waals surface area contributed by atoms with Crippen LogP contribution in [0.5, 0.6) is 0 Å². The van der Waals surface area contributed by atoms with Gasteiger partial charge >= 0.3 is 6.18 Å². The van der Waals surface area contributed by atoms with Crippen LogP contribution in [0.25, 0.3) is 0 Å². The van der Waals surface area contributed by atoms with E-state index >= 15 is 0 Å². The van der Waals surface area contributed by atoms with Crippen molar-refractivity contribution >= 4 is 17.1 Å². The summed E-state index contributed by atoms with van der Waals surface area (Å²) in [5, 5.41) is 0.0521. The lowest BCUT2D eigenvalue weighted by Gasteiger charge is -2.16. The second-order valence-electron chi connectivity index (χ2n) is 2.78. The molecule has 84 valence electrons. The molecule has 0 aliphatic rings. The summed E-state index contributed by atoms with van der Waals surface area (Å²) < 4.78 is 41.5. The van der Waals surface area contributed by atoms with E-state index in [1.807, 2.05) is 0 Å². The minimum atomic E-state index is -4.49. The first-order chi connectivity index (χ1) is 6.86. The van der Waals surface area contributed by atoms with Crippen molar-refractivity contribution in [1.82, 2.24) is 4.98 Å². The maximum absolute atomic E-state index is 12.4. The lowest BCUT2D eigenvalue weighted by Crippen LogP contribution is -2.21. The van der Waals surface area contributed by atoms with E-state index in [1.54, 1.807) is 0 Å². The fourth-order valence-corrected chi connectivity index (χ4v) is 1.90. The van der Waals surface area contributed by atoms with E-state index < -0.39 is 12.3 Å². The Kier molecular flexibility index (Phi) is 3.46. The number of hydrogen-bond acceptors (Lipinski definition) is 4. The van der Waals surface area contributed by atoms with Gasteiger partial charge in [0.2, 0.25) is 0 Å². The highest BCUT2D eigenvalue weighted by Crippen LogP contribution is 2.37. The van der Waals surface area contributed by atoms with Crippen LogP contribution in [0.1, 0.15) is 27.7 Å². The first-order valence-corrected chi connectivity index (χ1v) is 4.74. The maximum atomic E-state index is 12.4. The number of alkyl halides is 3. The van der Waals surface area contributed by atoms with Gasteiger partial charge < -0.3 is 4.74 Å². The van der Waals surface area contributed by atoms with Crippen LogP contribution in [-0.4, -0.2) is 24.1 Å². The Morgan fingerprint density at radius 2 is 2.20 bits per heavy atom. The first kappa shape index (κ1) is 12.1. The van der Waals surface area contributed by atoms with Crippen LogP contribution >= 0.6 is 11.3 Å². The number of rotatable bonds is 3. The lowest BCUT2D eigenvalue weighted by atomic mass is 10.3. The number of ether oxygens (including phenoxy) is 1. The number of halogens is 3. The van der Waals surface area contributed by atoms with Crippen molar-refractivity contribution in [3.05, 3.63) is 16.1 Å². The fraction of sp³-hybridized carbons (Fsp3) is 0.500. The van der Waals surface area contributed by atoms with Crippen molar-refractivity contribution in [1.29, 1.82) is 0 Å². The van der Waals surface area contributed by atoms with E-state index in [0.717, 1.165) is 13.3 Å². The maximum Gasteiger partial charge on any atom is 0.419 e. The van der Waals surface area contributed by atoms with Gasteiger partial charge in [0, 0.05) is 20.2 Å². The zero-order valence-corrected chi connectivity index (χ0v) is 8.78. The van der Waals surface area contributed by atoms with Gasteiger partial charge in [0.15, 0.2) is 16.9 Å². The Morgan fingerprint density at radius 1 is 1.60 bits per heavy atom. The number of Topliss-reactive ketones (excluding diaryl/α,β-unsaturated/α-hetero) is 1. The zero-order valence-electron chi connectivity index (χ0n) is 7.96. The number of carbonyl (C=O) groups is 1. The number of nitrogens with zero attached hydrogens (tertiary/aromatic N) is 1. The summed E-state index contributed by atoms with van der Waals surface area (Å²) in [7, 11) is 0.964. The van der Waals surface area contributed by atoms with Crippen molar-refractivity contribution in [3.63, 3.8) is 0 Å². The quantitative estimate of drug-likeness (QED) is 0.761. The highest BCUT2D eigenvalue weighted by Gasteiger charge is 2.42. The largest absolute Gasteiger partial charge is 0.419 e. The molecule has 0 saturated carbocycles. The van der Waals surface area contributed by atoms with Gasteiger partial charge in [-0.3, -0.25) is 4.79 Å². The highest BCUT2D eigenvalue weighted by atomic mass is 32.1. The molecule has 1 aromatic rings. The Labute approximate surface area is 87.9 Å². The normalized spacial score (nSPS) is 13.9. The number of ketones is 1. The van der Waals surface area contributed by atoms with Crippen LogP contribution in [0.4, 0.5) is 13.2 Å². The molecule has 1 aromatic heterocycles. The third kappa shape index (κ3) is 2.75. The molecule has 15 heavy (non-hydrogen) atoms. The van der Waals surface area contributed by atoms with Crippen LogP contribution in [0, 0.1) is 0 Å². The van der Waals surface area contributed by atoms with Crippen LogP contribution in [0.2, 0.25) is 0 Å². The van der Waals surface area contributed by atoms with E-state index in [-0.39, 0.29) is 15.7 Å². The van der Waals surface area contributed by atoms with Gasteiger partial charge in [0.25, 0.3) is 0 Å². The van der Waals surface area contributed by atoms with E-state index in [2.05, 4.69) is 9.72 Å². The monoisotopic (exact) mass is 239 g/mol. The van der Waals surface area contributed by atoms with E-state index in [4.69, 9.17) is 0 Å². The molecular weight excluding hydrogens is 231 g/mol. The molecule has 0 spiro atoms. The van der Waals surface area contributed by atoms with Crippen molar-refractivity contribution < 1.29 is 22.7 Å². The lowest BCUT2D eigenvalue weighted by molar-refractivity contribution is -0.214. The second kappa shape index (κ2) is 4.28. The van der Waals surface area contributed by atoms with Crippen LogP contribution in [0.3, 0.4) is 0 Å². The predicted molar refractivity (Wildman–Crippen MR) is 47.9 cm³/mol. The molecule has 1 atom stereocenters. The molecule has 0 aliphatic heterocycles. The molecule has 0 bridgehead atoms. The molecule has 0 saturated heterocycles. The summed E-state index contributed by atoms with van der Waals surface area (Å²) in [6, 6.07) is 0. The Balaban J connectivity index is 2.98. The molecule has 0 fully saturated rings. The third-order valence-corrected chi connectivity index (χ3v) is 2.76. The number of thiazole rings is 1. The number of carbonyl (C=O) groups excluding carboxylic acids is 1. The summed E-state index contributed by atoms with van der Waals surface area (Å²) in [6.45, 7) is 1.25. The molecule has 7 heteroatoms. The van der Waals surface area contributed by atoms with Gasteiger partial charge in [-0.2, -0.15) is 13.2 Å². The van der Waals surface area contributed by atoms with Gasteiger partial charge in [-0.1, -0.05) is 0 Å². The number of methoxy groups -OCH3 is 1. The summed E-state index contributed by atoms with van der Waals surface area (Å²) in [5.74, 6) is -0.358. The van der Waals surface area contributed by atoms with Gasteiger partial charge in [0.1, 0.15) is 0 Å². The molecular formula is C8H8F3NO2S. The zero-order chi connectivity index (χ0) is 11.6. The van der Waals surface area contributed by atoms with E-state index in [1.165, 1.54) is 6.92 Å². The van der Waals surface area contributed by atoms with Crippen molar-refractivity contribution in [2.24, 2.45) is 0 Å². The molecule has 1 unspecified atom stereocenters. The molecule has 1 rings (SSSR count). The Bertz CT molecular complexity index is 361. The second-order valence-corrected chi connectivity index (χ2v) is 3.84. The molecule has 0 N–H and O–H groups in total. The van der Waals surface area contributed by atoms with Crippen LogP contribution < -0.4 is 0 Å². The van der Waals surface area contributed by atoms with E-state index in [0.29, 0.717) is 11.3 Å². The van der Waals surface area contributed by atoms with Crippen LogP contribution in [0.15, 0.2) is 6.20 Å². The van der Waals surface area contributed by atoms with Crippen molar-refractivity contribution in [3.8, 4) is 0 Å².